The third kappa shape index (κ3) is 5.58. The Bertz CT molecular complexity index is 625. The van der Waals surface area contributed by atoms with Crippen LogP contribution in [0.2, 0.25) is 0 Å². The number of rotatable bonds is 7. The Labute approximate surface area is 146 Å². The maximum Gasteiger partial charge on any atom is 0.220 e. The Morgan fingerprint density at radius 1 is 1.26 bits per heavy atom. The molecule has 1 amide bonds. The summed E-state index contributed by atoms with van der Waals surface area (Å²) in [6.45, 7) is 3.16. The molecule has 1 aliphatic rings. The standard InChI is InChI=1S/C16H23BrN2O3S/c1-13(14-6-8-15(17)9-7-14)18-16(20)5-4-12-23(21,22)19-10-2-3-11-19/h6-9,13H,2-5,10-12H2,1H3,(H,18,20). The molecular weight excluding hydrogens is 380 g/mol. The van der Waals surface area contributed by atoms with Crippen molar-refractivity contribution >= 4 is 31.9 Å². The first-order valence-electron chi connectivity index (χ1n) is 7.91. The molecule has 1 unspecified atom stereocenters. The molecule has 1 atom stereocenters. The summed E-state index contributed by atoms with van der Waals surface area (Å²) < 4.78 is 26.7. The number of sulfonamides is 1. The van der Waals surface area contributed by atoms with Crippen molar-refractivity contribution < 1.29 is 13.2 Å². The minimum Gasteiger partial charge on any atom is -0.350 e. The van der Waals surface area contributed by atoms with Crippen LogP contribution in [0.1, 0.15) is 44.2 Å². The van der Waals surface area contributed by atoms with E-state index in [1.165, 1.54) is 4.31 Å². The minimum atomic E-state index is -3.19. The molecule has 0 bridgehead atoms. The van der Waals surface area contributed by atoms with E-state index in [1.807, 2.05) is 31.2 Å². The Morgan fingerprint density at radius 3 is 2.48 bits per heavy atom. The first kappa shape index (κ1) is 18.4. The van der Waals surface area contributed by atoms with Crippen LogP contribution in [0, 0.1) is 0 Å². The van der Waals surface area contributed by atoms with Gasteiger partial charge < -0.3 is 5.32 Å². The number of hydrogen-bond donors (Lipinski definition) is 1. The van der Waals surface area contributed by atoms with Gasteiger partial charge in [0.25, 0.3) is 0 Å². The summed E-state index contributed by atoms with van der Waals surface area (Å²) in [4.78, 5) is 12.0. The Kier molecular flexibility index (Phi) is 6.61. The van der Waals surface area contributed by atoms with Gasteiger partial charge in [-0.3, -0.25) is 4.79 Å². The molecule has 7 heteroatoms. The van der Waals surface area contributed by atoms with Crippen LogP contribution in [-0.4, -0.2) is 37.5 Å². The summed E-state index contributed by atoms with van der Waals surface area (Å²) in [6.07, 6.45) is 2.46. The molecule has 0 aliphatic carbocycles. The summed E-state index contributed by atoms with van der Waals surface area (Å²) in [6, 6.07) is 7.67. The lowest BCUT2D eigenvalue weighted by atomic mass is 10.1. The highest BCUT2D eigenvalue weighted by atomic mass is 79.9. The van der Waals surface area contributed by atoms with E-state index in [-0.39, 0.29) is 24.1 Å². The van der Waals surface area contributed by atoms with Crippen molar-refractivity contribution in [1.82, 2.24) is 9.62 Å². The van der Waals surface area contributed by atoms with Crippen molar-refractivity contribution in [2.45, 2.75) is 38.6 Å². The monoisotopic (exact) mass is 402 g/mol. The fourth-order valence-electron chi connectivity index (χ4n) is 2.66. The second-order valence-electron chi connectivity index (χ2n) is 5.87. The number of nitrogens with zero attached hydrogens (tertiary/aromatic N) is 1. The van der Waals surface area contributed by atoms with Crippen LogP contribution >= 0.6 is 15.9 Å². The summed E-state index contributed by atoms with van der Waals surface area (Å²) in [5.74, 6) is -0.0652. The number of nitrogens with one attached hydrogen (secondary N) is 1. The minimum absolute atomic E-state index is 0.0487. The van der Waals surface area contributed by atoms with E-state index < -0.39 is 10.0 Å². The number of amides is 1. The average Bonchev–Trinajstić information content (AvgIpc) is 3.02. The third-order valence-electron chi connectivity index (χ3n) is 4.01. The summed E-state index contributed by atoms with van der Waals surface area (Å²) in [7, 11) is -3.19. The number of halogens is 1. The van der Waals surface area contributed by atoms with Gasteiger partial charge in [0, 0.05) is 24.0 Å². The molecule has 1 aromatic rings. The lowest BCUT2D eigenvalue weighted by Crippen LogP contribution is -2.31. The van der Waals surface area contributed by atoms with E-state index in [1.54, 1.807) is 0 Å². The molecular formula is C16H23BrN2O3S. The largest absolute Gasteiger partial charge is 0.350 e. The molecule has 1 saturated heterocycles. The zero-order valence-corrected chi connectivity index (χ0v) is 15.7. The van der Waals surface area contributed by atoms with Gasteiger partial charge in [-0.25, -0.2) is 12.7 Å². The van der Waals surface area contributed by atoms with Crippen molar-refractivity contribution in [2.24, 2.45) is 0 Å². The van der Waals surface area contributed by atoms with E-state index in [0.717, 1.165) is 22.9 Å². The van der Waals surface area contributed by atoms with Crippen molar-refractivity contribution in [3.63, 3.8) is 0 Å². The topological polar surface area (TPSA) is 66.5 Å². The molecule has 2 rings (SSSR count). The van der Waals surface area contributed by atoms with Crippen LogP contribution in [-0.2, 0) is 14.8 Å². The fourth-order valence-corrected chi connectivity index (χ4v) is 4.51. The van der Waals surface area contributed by atoms with E-state index in [9.17, 15) is 13.2 Å². The zero-order chi connectivity index (χ0) is 16.9. The molecule has 0 spiro atoms. The zero-order valence-electron chi connectivity index (χ0n) is 13.3. The summed E-state index contributed by atoms with van der Waals surface area (Å²) in [5, 5.41) is 2.91. The van der Waals surface area contributed by atoms with Crippen molar-refractivity contribution in [3.8, 4) is 0 Å². The van der Waals surface area contributed by atoms with Gasteiger partial charge >= 0.3 is 0 Å². The van der Waals surface area contributed by atoms with E-state index in [2.05, 4.69) is 21.2 Å². The highest BCUT2D eigenvalue weighted by Crippen LogP contribution is 2.17. The quantitative estimate of drug-likeness (QED) is 0.762. The molecule has 0 radical (unpaired) electrons. The number of benzene rings is 1. The van der Waals surface area contributed by atoms with Gasteiger partial charge in [0.05, 0.1) is 11.8 Å². The van der Waals surface area contributed by atoms with Crippen LogP contribution in [0.15, 0.2) is 28.7 Å². The predicted octanol–water partition coefficient (Wildman–Crippen LogP) is 2.83. The van der Waals surface area contributed by atoms with Crippen molar-refractivity contribution in [1.29, 1.82) is 0 Å². The molecule has 5 nitrogen and oxygen atoms in total. The van der Waals surface area contributed by atoms with E-state index in [4.69, 9.17) is 0 Å². The summed E-state index contributed by atoms with van der Waals surface area (Å²) in [5.41, 5.74) is 1.02. The molecule has 23 heavy (non-hydrogen) atoms. The second-order valence-corrected chi connectivity index (χ2v) is 8.87. The maximum absolute atomic E-state index is 12.1. The van der Waals surface area contributed by atoms with Crippen LogP contribution in [0.4, 0.5) is 0 Å². The lowest BCUT2D eigenvalue weighted by Gasteiger charge is -2.16. The first-order valence-corrected chi connectivity index (χ1v) is 10.3. The van der Waals surface area contributed by atoms with Crippen LogP contribution < -0.4 is 5.32 Å². The highest BCUT2D eigenvalue weighted by Gasteiger charge is 2.24. The first-order chi connectivity index (χ1) is 10.9. The maximum atomic E-state index is 12.1. The third-order valence-corrected chi connectivity index (χ3v) is 6.50. The molecule has 1 N–H and O–H groups in total. The number of carbonyl (C=O) groups is 1. The number of hydrogen-bond acceptors (Lipinski definition) is 3. The molecule has 128 valence electrons. The fraction of sp³-hybridized carbons (Fsp3) is 0.562. The lowest BCUT2D eigenvalue weighted by molar-refractivity contribution is -0.121. The van der Waals surface area contributed by atoms with Gasteiger partial charge in [0.15, 0.2) is 0 Å². The second kappa shape index (κ2) is 8.26. The predicted molar refractivity (Wildman–Crippen MR) is 94.5 cm³/mol. The van der Waals surface area contributed by atoms with Gasteiger partial charge in [0.1, 0.15) is 0 Å². The van der Waals surface area contributed by atoms with Gasteiger partial charge in [-0.15, -0.1) is 0 Å². The molecule has 0 saturated carbocycles. The number of carbonyl (C=O) groups excluding carboxylic acids is 1. The summed E-state index contributed by atoms with van der Waals surface area (Å²) >= 11 is 3.38. The van der Waals surface area contributed by atoms with Gasteiger partial charge in [0.2, 0.25) is 15.9 Å². The van der Waals surface area contributed by atoms with E-state index in [0.29, 0.717) is 19.5 Å². The van der Waals surface area contributed by atoms with Gasteiger partial charge in [-0.1, -0.05) is 28.1 Å². The molecule has 1 aliphatic heterocycles. The normalized spacial score (nSPS) is 17.1. The molecule has 1 fully saturated rings. The van der Waals surface area contributed by atoms with Crippen LogP contribution in [0.25, 0.3) is 0 Å². The van der Waals surface area contributed by atoms with Crippen LogP contribution in [0.3, 0.4) is 0 Å². The highest BCUT2D eigenvalue weighted by molar-refractivity contribution is 9.10. The van der Waals surface area contributed by atoms with Crippen molar-refractivity contribution in [3.05, 3.63) is 34.3 Å². The smallest absolute Gasteiger partial charge is 0.220 e. The Hall–Kier alpha value is -0.920. The average molecular weight is 403 g/mol. The Balaban J connectivity index is 1.75. The van der Waals surface area contributed by atoms with E-state index >= 15 is 0 Å². The van der Waals surface area contributed by atoms with Gasteiger partial charge in [-0.2, -0.15) is 0 Å². The van der Waals surface area contributed by atoms with Gasteiger partial charge in [-0.05, 0) is 43.9 Å². The molecule has 1 heterocycles. The molecule has 1 aromatic carbocycles. The SMILES string of the molecule is CC(NC(=O)CCCS(=O)(=O)N1CCCC1)c1ccc(Br)cc1. The Morgan fingerprint density at radius 2 is 1.87 bits per heavy atom. The van der Waals surface area contributed by atoms with Crippen molar-refractivity contribution in [2.75, 3.05) is 18.8 Å². The molecule has 0 aromatic heterocycles. The van der Waals surface area contributed by atoms with Crippen LogP contribution in [0.5, 0.6) is 0 Å².